The Morgan fingerprint density at radius 1 is 1.00 bits per heavy atom. The molecular weight excluding hydrogens is 471 g/mol. The molecule has 0 aromatic heterocycles. The van der Waals surface area contributed by atoms with Crippen molar-refractivity contribution in [1.29, 1.82) is 0 Å². The third kappa shape index (κ3) is 6.03. The third-order valence-electron chi connectivity index (χ3n) is 4.61. The number of Topliss-reactive ketones (excluding diaryl/α,β-unsaturated/α-hetero) is 1. The predicted molar refractivity (Wildman–Crippen MR) is 126 cm³/mol. The monoisotopic (exact) mass is 486 g/mol. The van der Waals surface area contributed by atoms with Gasteiger partial charge < -0.3 is 0 Å². The van der Waals surface area contributed by atoms with Crippen molar-refractivity contribution in [2.45, 2.75) is 12.7 Å². The van der Waals surface area contributed by atoms with Gasteiger partial charge in [-0.25, -0.2) is 0 Å². The summed E-state index contributed by atoms with van der Waals surface area (Å²) < 4.78 is 13.7. The van der Waals surface area contributed by atoms with Crippen LogP contribution in [0.3, 0.4) is 0 Å². The van der Waals surface area contributed by atoms with Gasteiger partial charge >= 0.3 is 5.69 Å². The van der Waals surface area contributed by atoms with Crippen molar-refractivity contribution in [3.63, 3.8) is 0 Å². The molecule has 0 aliphatic rings. The highest BCUT2D eigenvalue weighted by atomic mass is 35.5. The van der Waals surface area contributed by atoms with Crippen LogP contribution < -0.4 is 0 Å². The van der Waals surface area contributed by atoms with Crippen LogP contribution in [0.4, 0.5) is 15.8 Å². The highest BCUT2D eigenvalue weighted by Gasteiger charge is 2.20. The van der Waals surface area contributed by atoms with Crippen LogP contribution in [0.2, 0.25) is 5.02 Å². The molecule has 0 unspecified atom stereocenters. The Kier molecular flexibility index (Phi) is 7.57. The topological polar surface area (TPSA) is 103 Å². The Morgan fingerprint density at radius 2 is 1.67 bits per heavy atom. The van der Waals surface area contributed by atoms with Crippen LogP contribution in [0, 0.1) is 33.0 Å². The second kappa shape index (κ2) is 10.4. The van der Waals surface area contributed by atoms with E-state index in [0.717, 1.165) is 41.1 Å². The van der Waals surface area contributed by atoms with Gasteiger partial charge in [0.2, 0.25) is 5.82 Å². The molecule has 7 nitrogen and oxygen atoms in total. The Bertz CT molecular complexity index is 1280. The van der Waals surface area contributed by atoms with E-state index in [1.54, 1.807) is 0 Å². The van der Waals surface area contributed by atoms with E-state index >= 15 is 0 Å². The molecule has 0 aliphatic heterocycles. The van der Waals surface area contributed by atoms with Crippen molar-refractivity contribution in [1.82, 2.24) is 0 Å². The first-order valence-electron chi connectivity index (χ1n) is 9.48. The second-order valence-corrected chi connectivity index (χ2v) is 8.43. The number of nitro groups is 2. The van der Waals surface area contributed by atoms with Crippen LogP contribution in [0.1, 0.15) is 27.0 Å². The lowest BCUT2D eigenvalue weighted by Gasteiger charge is -2.09. The van der Waals surface area contributed by atoms with Crippen molar-refractivity contribution < 1.29 is 19.0 Å². The van der Waals surface area contributed by atoms with Crippen LogP contribution in [0.5, 0.6) is 0 Å². The number of halogens is 2. The van der Waals surface area contributed by atoms with Gasteiger partial charge in [0.05, 0.1) is 14.8 Å². The SMILES string of the molecule is Cc1ccc(CS/C(=C/c2ccc(F)c([N+](=O)[O-])c2)C(=O)c2ccc(Cl)c([N+](=O)[O-])c2)cc1. The maximum Gasteiger partial charge on any atom is 0.305 e. The molecule has 3 aromatic rings. The Labute approximate surface area is 197 Å². The molecule has 10 heteroatoms. The Hall–Kier alpha value is -3.56. The molecule has 0 amide bonds. The highest BCUT2D eigenvalue weighted by molar-refractivity contribution is 8.03. The number of carbonyl (C=O) groups is 1. The molecule has 0 heterocycles. The van der Waals surface area contributed by atoms with E-state index in [-0.39, 0.29) is 21.1 Å². The van der Waals surface area contributed by atoms with Gasteiger partial charge in [0.25, 0.3) is 5.69 Å². The lowest BCUT2D eigenvalue weighted by atomic mass is 10.1. The molecule has 3 aromatic carbocycles. The van der Waals surface area contributed by atoms with Crippen LogP contribution in [0.15, 0.2) is 65.6 Å². The van der Waals surface area contributed by atoms with Gasteiger partial charge in [0.15, 0.2) is 5.78 Å². The first-order chi connectivity index (χ1) is 15.7. The molecule has 0 bridgehead atoms. The number of aryl methyl sites for hydroxylation is 1. The molecule has 0 saturated carbocycles. The number of nitrogens with zero attached hydrogens (tertiary/aromatic N) is 2. The number of benzene rings is 3. The number of nitro benzene ring substituents is 2. The van der Waals surface area contributed by atoms with E-state index < -0.39 is 32.8 Å². The van der Waals surface area contributed by atoms with Gasteiger partial charge in [-0.3, -0.25) is 25.0 Å². The summed E-state index contributed by atoms with van der Waals surface area (Å²) >= 11 is 7.01. The summed E-state index contributed by atoms with van der Waals surface area (Å²) in [6.45, 7) is 1.95. The van der Waals surface area contributed by atoms with Gasteiger partial charge in [0.1, 0.15) is 5.02 Å². The minimum absolute atomic E-state index is 0.0327. The van der Waals surface area contributed by atoms with E-state index in [1.807, 2.05) is 31.2 Å². The fourth-order valence-electron chi connectivity index (χ4n) is 2.86. The molecule has 0 saturated heterocycles. The van der Waals surface area contributed by atoms with Gasteiger partial charge in [-0.15, -0.1) is 11.8 Å². The minimum atomic E-state index is -0.995. The minimum Gasteiger partial charge on any atom is -0.288 e. The first-order valence-corrected chi connectivity index (χ1v) is 10.8. The van der Waals surface area contributed by atoms with Crippen molar-refractivity contribution in [2.75, 3.05) is 0 Å². The van der Waals surface area contributed by atoms with Crippen LogP contribution in [-0.4, -0.2) is 15.6 Å². The molecule has 0 spiro atoms. The van der Waals surface area contributed by atoms with Gasteiger partial charge in [-0.05, 0) is 42.3 Å². The quantitative estimate of drug-likeness (QED) is 0.151. The maximum atomic E-state index is 13.7. The molecule has 33 heavy (non-hydrogen) atoms. The van der Waals surface area contributed by atoms with Crippen molar-refractivity contribution in [3.8, 4) is 0 Å². The highest BCUT2D eigenvalue weighted by Crippen LogP contribution is 2.31. The fraction of sp³-hybridized carbons (Fsp3) is 0.0870. The van der Waals surface area contributed by atoms with Gasteiger partial charge in [-0.2, -0.15) is 4.39 Å². The number of rotatable bonds is 8. The predicted octanol–water partition coefficient (Wildman–Crippen LogP) is 6.76. The summed E-state index contributed by atoms with van der Waals surface area (Å²) in [4.78, 5) is 34.2. The first kappa shape index (κ1) is 24.1. The van der Waals surface area contributed by atoms with E-state index in [0.29, 0.717) is 5.75 Å². The molecule has 0 atom stereocenters. The van der Waals surface area contributed by atoms with Gasteiger partial charge in [0, 0.05) is 23.4 Å². The van der Waals surface area contributed by atoms with E-state index in [1.165, 1.54) is 24.3 Å². The zero-order valence-electron chi connectivity index (χ0n) is 17.2. The van der Waals surface area contributed by atoms with E-state index in [4.69, 9.17) is 11.6 Å². The second-order valence-electron chi connectivity index (χ2n) is 7.00. The lowest BCUT2D eigenvalue weighted by Crippen LogP contribution is -2.03. The van der Waals surface area contributed by atoms with Crippen molar-refractivity contribution >= 4 is 46.6 Å². The zero-order chi connectivity index (χ0) is 24.1. The maximum absolute atomic E-state index is 13.7. The van der Waals surface area contributed by atoms with Crippen LogP contribution >= 0.6 is 23.4 Å². The normalized spacial score (nSPS) is 11.3. The average Bonchev–Trinajstić information content (AvgIpc) is 2.78. The fourth-order valence-corrected chi connectivity index (χ4v) is 4.03. The summed E-state index contributed by atoms with van der Waals surface area (Å²) in [6, 6.07) is 14.6. The number of hydrogen-bond acceptors (Lipinski definition) is 6. The number of thioether (sulfide) groups is 1. The summed E-state index contributed by atoms with van der Waals surface area (Å²) in [7, 11) is 0. The molecule has 168 valence electrons. The third-order valence-corrected chi connectivity index (χ3v) is 6.02. The average molecular weight is 487 g/mol. The molecule has 0 N–H and O–H groups in total. The number of ketones is 1. The van der Waals surface area contributed by atoms with Crippen molar-refractivity contribution in [3.05, 3.63) is 119 Å². The molecule has 0 radical (unpaired) electrons. The van der Waals surface area contributed by atoms with Crippen LogP contribution in [-0.2, 0) is 5.75 Å². The number of carbonyl (C=O) groups excluding carboxylic acids is 1. The van der Waals surface area contributed by atoms with Crippen molar-refractivity contribution in [2.24, 2.45) is 0 Å². The Balaban J connectivity index is 2.02. The lowest BCUT2D eigenvalue weighted by molar-refractivity contribution is -0.387. The molecular formula is C23H16ClFN2O5S. The Morgan fingerprint density at radius 3 is 2.30 bits per heavy atom. The smallest absolute Gasteiger partial charge is 0.288 e. The standard InChI is InChI=1S/C23H16ClFN2O5S/c1-14-2-4-15(5-3-14)13-33-22(11-16-6-9-19(25)21(10-16)27(31)32)23(28)17-7-8-18(24)20(12-17)26(29)30/h2-12H,13H2,1H3/b22-11+. The van der Waals surface area contributed by atoms with Crippen LogP contribution in [0.25, 0.3) is 6.08 Å². The molecule has 0 aliphatic carbocycles. The number of allylic oxidation sites excluding steroid dienone is 1. The van der Waals surface area contributed by atoms with Gasteiger partial charge in [-0.1, -0.05) is 47.5 Å². The zero-order valence-corrected chi connectivity index (χ0v) is 18.7. The largest absolute Gasteiger partial charge is 0.305 e. The summed E-state index contributed by atoms with van der Waals surface area (Å²) in [5, 5.41) is 22.2. The molecule has 0 fully saturated rings. The van der Waals surface area contributed by atoms with E-state index in [9.17, 15) is 29.4 Å². The number of hydrogen-bond donors (Lipinski definition) is 0. The van der Waals surface area contributed by atoms with E-state index in [2.05, 4.69) is 0 Å². The summed E-state index contributed by atoms with van der Waals surface area (Å²) in [5.41, 5.74) is 1.14. The summed E-state index contributed by atoms with van der Waals surface area (Å²) in [5.74, 6) is -1.12. The summed E-state index contributed by atoms with van der Waals surface area (Å²) in [6.07, 6.45) is 1.40. The molecule has 3 rings (SSSR count).